The van der Waals surface area contributed by atoms with Gasteiger partial charge in [0.05, 0.1) is 24.6 Å². The molecule has 0 aliphatic rings. The molecular weight excluding hydrogens is 350 g/mol. The van der Waals surface area contributed by atoms with Crippen molar-refractivity contribution in [3.05, 3.63) is 89.7 Å². The summed E-state index contributed by atoms with van der Waals surface area (Å²) >= 11 is 0. The number of ether oxygens (including phenoxy) is 1. The number of amides is 1. The second-order valence-corrected chi connectivity index (χ2v) is 6.63. The van der Waals surface area contributed by atoms with Crippen LogP contribution in [0.15, 0.2) is 73.1 Å². The van der Waals surface area contributed by atoms with E-state index in [-0.39, 0.29) is 5.91 Å². The molecule has 1 amide bonds. The van der Waals surface area contributed by atoms with Gasteiger partial charge in [-0.2, -0.15) is 0 Å². The molecule has 0 atom stereocenters. The number of methoxy groups -OCH3 is 1. The predicted octanol–water partition coefficient (Wildman–Crippen LogP) is 3.70. The minimum absolute atomic E-state index is 0.120. The van der Waals surface area contributed by atoms with E-state index < -0.39 is 0 Å². The molecule has 0 aliphatic carbocycles. The summed E-state index contributed by atoms with van der Waals surface area (Å²) in [5.74, 6) is 0.701. The monoisotopic (exact) mass is 375 g/mol. The van der Waals surface area contributed by atoms with Gasteiger partial charge in [-0.05, 0) is 35.7 Å². The van der Waals surface area contributed by atoms with Crippen molar-refractivity contribution in [2.75, 3.05) is 25.6 Å². The van der Waals surface area contributed by atoms with E-state index in [4.69, 9.17) is 4.74 Å². The molecule has 0 unspecified atom stereocenters. The highest BCUT2D eigenvalue weighted by atomic mass is 16.5. The lowest BCUT2D eigenvalue weighted by Crippen LogP contribution is -2.26. The Morgan fingerprint density at radius 3 is 2.61 bits per heavy atom. The number of nitrogens with one attached hydrogen (secondary N) is 1. The third kappa shape index (κ3) is 5.33. The summed E-state index contributed by atoms with van der Waals surface area (Å²) < 4.78 is 5.23. The van der Waals surface area contributed by atoms with Crippen molar-refractivity contribution in [3.8, 4) is 5.75 Å². The number of benzene rings is 2. The van der Waals surface area contributed by atoms with Gasteiger partial charge in [0.1, 0.15) is 5.75 Å². The second kappa shape index (κ2) is 9.55. The molecule has 1 heterocycles. The number of carbonyl (C=O) groups excluding carboxylic acids is 1. The molecule has 5 nitrogen and oxygen atoms in total. The molecule has 0 aliphatic heterocycles. The van der Waals surface area contributed by atoms with Crippen LogP contribution >= 0.6 is 0 Å². The average Bonchev–Trinajstić information content (AvgIpc) is 2.74. The number of hydrogen-bond acceptors (Lipinski definition) is 4. The molecule has 0 radical (unpaired) electrons. The van der Waals surface area contributed by atoms with Crippen molar-refractivity contribution in [1.29, 1.82) is 0 Å². The van der Waals surface area contributed by atoms with E-state index in [0.717, 1.165) is 30.0 Å². The van der Waals surface area contributed by atoms with Gasteiger partial charge in [-0.1, -0.05) is 42.5 Å². The summed E-state index contributed by atoms with van der Waals surface area (Å²) in [6.07, 6.45) is 4.11. The Morgan fingerprint density at radius 2 is 1.82 bits per heavy atom. The number of anilines is 1. The Bertz CT molecular complexity index is 912. The van der Waals surface area contributed by atoms with Crippen LogP contribution in [0, 0.1) is 0 Å². The van der Waals surface area contributed by atoms with Crippen LogP contribution in [-0.4, -0.2) is 31.6 Å². The van der Waals surface area contributed by atoms with Crippen molar-refractivity contribution in [3.63, 3.8) is 0 Å². The molecule has 0 fully saturated rings. The van der Waals surface area contributed by atoms with Crippen molar-refractivity contribution >= 4 is 11.6 Å². The Kier molecular flexibility index (Phi) is 6.63. The maximum absolute atomic E-state index is 12.5. The quantitative estimate of drug-likeness (QED) is 0.652. The highest BCUT2D eigenvalue weighted by molar-refractivity contribution is 5.94. The summed E-state index contributed by atoms with van der Waals surface area (Å²) in [5, 5.41) is 2.96. The Labute approximate surface area is 166 Å². The third-order valence-corrected chi connectivity index (χ3v) is 4.52. The topological polar surface area (TPSA) is 54.5 Å². The zero-order valence-corrected chi connectivity index (χ0v) is 16.3. The lowest BCUT2D eigenvalue weighted by atomic mass is 10.1. The number of hydrogen-bond donors (Lipinski definition) is 1. The van der Waals surface area contributed by atoms with E-state index >= 15 is 0 Å². The average molecular weight is 375 g/mol. The lowest BCUT2D eigenvalue weighted by Gasteiger charge is -2.19. The van der Waals surface area contributed by atoms with E-state index in [1.54, 1.807) is 19.5 Å². The van der Waals surface area contributed by atoms with Gasteiger partial charge in [0.2, 0.25) is 0 Å². The Hall–Kier alpha value is -3.34. The van der Waals surface area contributed by atoms with Gasteiger partial charge in [0, 0.05) is 26.3 Å². The molecule has 0 bridgehead atoms. The predicted molar refractivity (Wildman–Crippen MR) is 112 cm³/mol. The maximum Gasteiger partial charge on any atom is 0.252 e. The zero-order valence-electron chi connectivity index (χ0n) is 16.3. The number of carbonyl (C=O) groups is 1. The zero-order chi connectivity index (χ0) is 19.8. The summed E-state index contributed by atoms with van der Waals surface area (Å²) in [7, 11) is 3.64. The highest BCUT2D eigenvalue weighted by Crippen LogP contribution is 2.16. The molecule has 0 saturated carbocycles. The van der Waals surface area contributed by atoms with Crippen LogP contribution in [0.3, 0.4) is 0 Å². The van der Waals surface area contributed by atoms with Gasteiger partial charge in [-0.15, -0.1) is 0 Å². The highest BCUT2D eigenvalue weighted by Gasteiger charge is 2.09. The van der Waals surface area contributed by atoms with Crippen LogP contribution in [0.4, 0.5) is 5.69 Å². The van der Waals surface area contributed by atoms with Crippen LogP contribution < -0.4 is 15.0 Å². The smallest absolute Gasteiger partial charge is 0.252 e. The third-order valence-electron chi connectivity index (χ3n) is 4.52. The first-order chi connectivity index (χ1) is 13.7. The van der Waals surface area contributed by atoms with Crippen LogP contribution in [-0.2, 0) is 13.0 Å². The van der Waals surface area contributed by atoms with E-state index in [1.165, 1.54) is 5.56 Å². The standard InChI is InChI=1S/C23H25N3O2/c1-26(17-19-7-4-3-5-8-19)21-14-20(15-24-16-21)23(27)25-12-11-18-9-6-10-22(13-18)28-2/h3-10,13-16H,11-12,17H2,1-2H3,(H,25,27). The second-order valence-electron chi connectivity index (χ2n) is 6.63. The first kappa shape index (κ1) is 19.4. The molecule has 28 heavy (non-hydrogen) atoms. The maximum atomic E-state index is 12.5. The number of pyridine rings is 1. The molecule has 2 aromatic carbocycles. The number of rotatable bonds is 8. The number of nitrogens with zero attached hydrogens (tertiary/aromatic N) is 2. The van der Waals surface area contributed by atoms with Crippen molar-refractivity contribution in [1.82, 2.24) is 10.3 Å². The Balaban J connectivity index is 1.57. The molecular formula is C23H25N3O2. The molecule has 1 aromatic heterocycles. The van der Waals surface area contributed by atoms with Crippen LogP contribution in [0.5, 0.6) is 5.75 Å². The van der Waals surface area contributed by atoms with Crippen molar-refractivity contribution in [2.45, 2.75) is 13.0 Å². The molecule has 144 valence electrons. The SMILES string of the molecule is COc1cccc(CCNC(=O)c2cncc(N(C)Cc3ccccc3)c2)c1. The first-order valence-corrected chi connectivity index (χ1v) is 9.27. The molecule has 0 spiro atoms. The van der Waals surface area contributed by atoms with E-state index in [0.29, 0.717) is 12.1 Å². The minimum Gasteiger partial charge on any atom is -0.497 e. The largest absolute Gasteiger partial charge is 0.497 e. The van der Waals surface area contributed by atoms with Gasteiger partial charge in [0.15, 0.2) is 0 Å². The molecule has 3 rings (SSSR count). The van der Waals surface area contributed by atoms with Gasteiger partial charge in [-0.25, -0.2) is 0 Å². The molecule has 0 saturated heterocycles. The van der Waals surface area contributed by atoms with Gasteiger partial charge >= 0.3 is 0 Å². The van der Waals surface area contributed by atoms with Crippen molar-refractivity contribution < 1.29 is 9.53 Å². The van der Waals surface area contributed by atoms with Crippen LogP contribution in [0.25, 0.3) is 0 Å². The fraction of sp³-hybridized carbons (Fsp3) is 0.217. The van der Waals surface area contributed by atoms with Crippen molar-refractivity contribution in [2.24, 2.45) is 0 Å². The number of aromatic nitrogens is 1. The van der Waals surface area contributed by atoms with Crippen LogP contribution in [0.1, 0.15) is 21.5 Å². The van der Waals surface area contributed by atoms with E-state index in [2.05, 4.69) is 27.3 Å². The fourth-order valence-corrected chi connectivity index (χ4v) is 2.96. The normalized spacial score (nSPS) is 10.4. The first-order valence-electron chi connectivity index (χ1n) is 9.27. The molecule has 5 heteroatoms. The van der Waals surface area contributed by atoms with E-state index in [1.807, 2.05) is 55.6 Å². The lowest BCUT2D eigenvalue weighted by molar-refractivity contribution is 0.0954. The summed E-state index contributed by atoms with van der Waals surface area (Å²) in [5.41, 5.74) is 3.79. The Morgan fingerprint density at radius 1 is 1.04 bits per heavy atom. The van der Waals surface area contributed by atoms with Gasteiger partial charge in [-0.3, -0.25) is 9.78 Å². The molecule has 1 N–H and O–H groups in total. The fourth-order valence-electron chi connectivity index (χ4n) is 2.96. The molecule has 3 aromatic rings. The summed E-state index contributed by atoms with van der Waals surface area (Å²) in [6.45, 7) is 1.31. The van der Waals surface area contributed by atoms with Gasteiger partial charge < -0.3 is 15.0 Å². The van der Waals surface area contributed by atoms with Crippen LogP contribution in [0.2, 0.25) is 0 Å². The summed E-state index contributed by atoms with van der Waals surface area (Å²) in [4.78, 5) is 18.8. The minimum atomic E-state index is -0.120. The van der Waals surface area contributed by atoms with Gasteiger partial charge in [0.25, 0.3) is 5.91 Å². The summed E-state index contributed by atoms with van der Waals surface area (Å²) in [6, 6.07) is 19.9. The van der Waals surface area contributed by atoms with E-state index in [9.17, 15) is 4.79 Å².